The Hall–Kier alpha value is -2.30. The largest absolute Gasteiger partial charge is 0.468 e. The Bertz CT molecular complexity index is 747. The number of rotatable bonds is 2. The Labute approximate surface area is 141 Å². The molecule has 3 rings (SSSR count). The zero-order valence-corrected chi connectivity index (χ0v) is 14.5. The van der Waals surface area contributed by atoms with Gasteiger partial charge in [-0.25, -0.2) is 0 Å². The van der Waals surface area contributed by atoms with Gasteiger partial charge < -0.3 is 4.74 Å². The summed E-state index contributed by atoms with van der Waals surface area (Å²) in [5.74, 6) is -1.25. The van der Waals surface area contributed by atoms with Crippen LogP contribution in [0.4, 0.5) is 0 Å². The maximum atomic E-state index is 12.9. The van der Waals surface area contributed by atoms with Gasteiger partial charge in [0.2, 0.25) is 0 Å². The summed E-state index contributed by atoms with van der Waals surface area (Å²) in [6, 6.07) is 3.73. The van der Waals surface area contributed by atoms with Gasteiger partial charge in [0.05, 0.1) is 7.11 Å². The van der Waals surface area contributed by atoms with Crippen LogP contribution in [-0.4, -0.2) is 29.6 Å². The third-order valence-electron chi connectivity index (χ3n) is 4.80. The molecule has 1 aromatic heterocycles. The van der Waals surface area contributed by atoms with Crippen LogP contribution in [0.5, 0.6) is 0 Å². The second-order valence-electron chi connectivity index (χ2n) is 7.32. The zero-order chi connectivity index (χ0) is 17.5. The van der Waals surface area contributed by atoms with Crippen LogP contribution in [0.15, 0.2) is 40.8 Å². The Morgan fingerprint density at radius 2 is 2.08 bits per heavy atom. The van der Waals surface area contributed by atoms with Gasteiger partial charge in [0.15, 0.2) is 5.78 Å². The first-order valence-corrected chi connectivity index (χ1v) is 8.13. The second-order valence-corrected chi connectivity index (χ2v) is 7.32. The molecular formula is C19H22N2O3. The first kappa shape index (κ1) is 16.6. The highest BCUT2D eigenvalue weighted by molar-refractivity contribution is 6.09. The van der Waals surface area contributed by atoms with E-state index in [1.54, 1.807) is 12.4 Å². The molecule has 1 aliphatic carbocycles. The first-order valence-electron chi connectivity index (χ1n) is 8.13. The first-order chi connectivity index (χ1) is 11.3. The summed E-state index contributed by atoms with van der Waals surface area (Å²) in [6.45, 7) is 5.98. The Balaban J connectivity index is 2.19. The number of aromatic nitrogens is 1. The Kier molecular flexibility index (Phi) is 4.11. The molecule has 1 aliphatic heterocycles. The molecule has 5 nitrogen and oxygen atoms in total. The van der Waals surface area contributed by atoms with Crippen LogP contribution in [-0.2, 0) is 14.3 Å². The van der Waals surface area contributed by atoms with Gasteiger partial charge >= 0.3 is 5.97 Å². The molecule has 0 saturated heterocycles. The number of nitrogens with zero attached hydrogens (tertiary/aromatic N) is 2. The van der Waals surface area contributed by atoms with Gasteiger partial charge in [0.25, 0.3) is 0 Å². The molecule has 24 heavy (non-hydrogen) atoms. The minimum absolute atomic E-state index is 0.0697. The van der Waals surface area contributed by atoms with Gasteiger partial charge in [-0.3, -0.25) is 19.6 Å². The van der Waals surface area contributed by atoms with E-state index in [0.29, 0.717) is 17.7 Å². The van der Waals surface area contributed by atoms with Gasteiger partial charge in [0, 0.05) is 41.7 Å². The van der Waals surface area contributed by atoms with Gasteiger partial charge in [-0.1, -0.05) is 19.9 Å². The van der Waals surface area contributed by atoms with Crippen molar-refractivity contribution in [3.8, 4) is 0 Å². The normalized spacial score (nSPS) is 25.8. The van der Waals surface area contributed by atoms with E-state index < -0.39 is 5.92 Å². The fraction of sp³-hybridized carbons (Fsp3) is 0.474. The molecule has 0 bridgehead atoms. The Morgan fingerprint density at radius 3 is 2.71 bits per heavy atom. The number of carbonyl (C=O) groups is 2. The molecule has 1 unspecified atom stereocenters. The third-order valence-corrected chi connectivity index (χ3v) is 4.80. The highest BCUT2D eigenvalue weighted by atomic mass is 16.5. The number of carbonyl (C=O) groups excluding carboxylic acids is 2. The van der Waals surface area contributed by atoms with E-state index in [-0.39, 0.29) is 23.1 Å². The van der Waals surface area contributed by atoms with Crippen molar-refractivity contribution in [2.24, 2.45) is 16.3 Å². The molecule has 0 saturated carbocycles. The molecule has 0 fully saturated rings. The lowest BCUT2D eigenvalue weighted by Crippen LogP contribution is -2.39. The topological polar surface area (TPSA) is 68.6 Å². The summed E-state index contributed by atoms with van der Waals surface area (Å²) in [4.78, 5) is 34.1. The van der Waals surface area contributed by atoms with E-state index in [1.807, 2.05) is 19.1 Å². The summed E-state index contributed by atoms with van der Waals surface area (Å²) in [6.07, 6.45) is 4.60. The van der Waals surface area contributed by atoms with Gasteiger partial charge in [0.1, 0.15) is 5.92 Å². The summed E-state index contributed by atoms with van der Waals surface area (Å²) in [5.41, 5.74) is 2.89. The third kappa shape index (κ3) is 2.79. The molecule has 0 aromatic carbocycles. The number of Topliss-reactive ketones (excluding diaryl/α,β-unsaturated/α-hetero) is 1. The van der Waals surface area contributed by atoms with Crippen LogP contribution in [0.3, 0.4) is 0 Å². The molecule has 5 heteroatoms. The summed E-state index contributed by atoms with van der Waals surface area (Å²) in [7, 11) is 1.37. The standard InChI is InChI=1S/C19H22N2O3/c1-11-15(18(23)24-4)16(12-6-5-7-20-10-12)17-13(21-11)8-19(2,3)9-14(17)22/h5-7,10,15-16H,8-9H2,1-4H3/t15?,16-/m1/s1. The lowest BCUT2D eigenvalue weighted by molar-refractivity contribution is -0.143. The second kappa shape index (κ2) is 5.96. The molecule has 126 valence electrons. The zero-order valence-electron chi connectivity index (χ0n) is 14.5. The number of ketones is 1. The van der Waals surface area contributed by atoms with Crippen molar-refractivity contribution in [1.29, 1.82) is 0 Å². The average Bonchev–Trinajstić information content (AvgIpc) is 2.52. The van der Waals surface area contributed by atoms with Crippen LogP contribution in [0.25, 0.3) is 0 Å². The molecule has 0 spiro atoms. The number of methoxy groups -OCH3 is 1. The van der Waals surface area contributed by atoms with Crippen LogP contribution < -0.4 is 0 Å². The summed E-state index contributed by atoms with van der Waals surface area (Å²) in [5, 5.41) is 0. The Morgan fingerprint density at radius 1 is 1.33 bits per heavy atom. The van der Waals surface area contributed by atoms with E-state index in [2.05, 4.69) is 23.8 Å². The van der Waals surface area contributed by atoms with Crippen LogP contribution in [0.1, 0.15) is 45.1 Å². The number of allylic oxidation sites excluding steroid dienone is 2. The summed E-state index contributed by atoms with van der Waals surface area (Å²) >= 11 is 0. The highest BCUT2D eigenvalue weighted by Crippen LogP contribution is 2.47. The van der Waals surface area contributed by atoms with E-state index in [1.165, 1.54) is 7.11 Å². The van der Waals surface area contributed by atoms with E-state index in [0.717, 1.165) is 17.7 Å². The van der Waals surface area contributed by atoms with Crippen molar-refractivity contribution in [3.05, 3.63) is 41.4 Å². The van der Waals surface area contributed by atoms with Gasteiger partial charge in [-0.05, 0) is 30.4 Å². The molecule has 0 N–H and O–H groups in total. The SMILES string of the molecule is COC(=O)C1C(C)=NC2=C(C(=O)CC(C)(C)C2)[C@@H]1c1cccnc1. The minimum Gasteiger partial charge on any atom is -0.468 e. The number of pyridine rings is 1. The highest BCUT2D eigenvalue weighted by Gasteiger charge is 2.45. The predicted molar refractivity (Wildman–Crippen MR) is 90.6 cm³/mol. The number of hydrogen-bond donors (Lipinski definition) is 0. The van der Waals surface area contributed by atoms with Gasteiger partial charge in [-0.15, -0.1) is 0 Å². The van der Waals surface area contributed by atoms with Crippen molar-refractivity contribution in [3.63, 3.8) is 0 Å². The fourth-order valence-corrected chi connectivity index (χ4v) is 3.80. The lowest BCUT2D eigenvalue weighted by Gasteiger charge is -2.38. The fourth-order valence-electron chi connectivity index (χ4n) is 3.80. The molecular weight excluding hydrogens is 304 g/mol. The lowest BCUT2D eigenvalue weighted by atomic mass is 9.67. The van der Waals surface area contributed by atoms with Crippen molar-refractivity contribution >= 4 is 17.5 Å². The molecule has 2 heterocycles. The van der Waals surface area contributed by atoms with Crippen molar-refractivity contribution in [2.45, 2.75) is 39.5 Å². The van der Waals surface area contributed by atoms with E-state index >= 15 is 0 Å². The molecule has 1 aromatic rings. The molecule has 0 amide bonds. The number of hydrogen-bond acceptors (Lipinski definition) is 5. The number of ether oxygens (including phenoxy) is 1. The number of aliphatic imine (C=N–C) groups is 1. The van der Waals surface area contributed by atoms with E-state index in [4.69, 9.17) is 4.74 Å². The monoisotopic (exact) mass is 326 g/mol. The maximum Gasteiger partial charge on any atom is 0.315 e. The number of esters is 1. The molecule has 0 radical (unpaired) electrons. The average molecular weight is 326 g/mol. The van der Waals surface area contributed by atoms with Crippen molar-refractivity contribution in [2.75, 3.05) is 7.11 Å². The quantitative estimate of drug-likeness (QED) is 0.783. The van der Waals surface area contributed by atoms with E-state index in [9.17, 15) is 9.59 Å². The molecule has 2 atom stereocenters. The van der Waals surface area contributed by atoms with Crippen LogP contribution in [0, 0.1) is 11.3 Å². The van der Waals surface area contributed by atoms with Crippen molar-refractivity contribution < 1.29 is 14.3 Å². The minimum atomic E-state index is -0.580. The van der Waals surface area contributed by atoms with Crippen molar-refractivity contribution in [1.82, 2.24) is 4.98 Å². The molecule has 2 aliphatic rings. The van der Waals surface area contributed by atoms with Crippen LogP contribution in [0.2, 0.25) is 0 Å². The van der Waals surface area contributed by atoms with Crippen LogP contribution >= 0.6 is 0 Å². The summed E-state index contributed by atoms with van der Waals surface area (Å²) < 4.78 is 4.99. The smallest absolute Gasteiger partial charge is 0.315 e. The predicted octanol–water partition coefficient (Wildman–Crippen LogP) is 3.07. The maximum absolute atomic E-state index is 12.9. The van der Waals surface area contributed by atoms with Gasteiger partial charge in [-0.2, -0.15) is 0 Å².